The predicted molar refractivity (Wildman–Crippen MR) is 73.9 cm³/mol. The molecule has 3 nitrogen and oxygen atoms in total. The van der Waals surface area contributed by atoms with E-state index in [9.17, 15) is 4.39 Å². The number of pyridine rings is 1. The first-order chi connectivity index (χ1) is 9.20. The van der Waals surface area contributed by atoms with E-state index in [0.717, 1.165) is 11.3 Å². The van der Waals surface area contributed by atoms with E-state index < -0.39 is 0 Å². The second-order valence-electron chi connectivity index (χ2n) is 4.54. The zero-order chi connectivity index (χ0) is 13.7. The van der Waals surface area contributed by atoms with Gasteiger partial charge in [-0.3, -0.25) is 9.88 Å². The van der Waals surface area contributed by atoms with Gasteiger partial charge in [0.15, 0.2) is 0 Å². The van der Waals surface area contributed by atoms with E-state index in [2.05, 4.69) is 9.88 Å². The molecule has 2 N–H and O–H groups in total. The highest BCUT2D eigenvalue weighted by molar-refractivity contribution is 5.21. The lowest BCUT2D eigenvalue weighted by Crippen LogP contribution is -2.30. The second-order valence-corrected chi connectivity index (χ2v) is 4.54. The monoisotopic (exact) mass is 259 g/mol. The minimum atomic E-state index is -0.234. The number of nitrogens with two attached hydrogens (primary N) is 1. The number of nitrogens with zero attached hydrogens (tertiary/aromatic N) is 2. The summed E-state index contributed by atoms with van der Waals surface area (Å²) in [7, 11) is 1.97. The Morgan fingerprint density at radius 1 is 1.26 bits per heavy atom. The molecule has 1 unspecified atom stereocenters. The Balaban J connectivity index is 2.13. The summed E-state index contributed by atoms with van der Waals surface area (Å²) >= 11 is 0. The Hall–Kier alpha value is -1.78. The number of aromatic nitrogens is 1. The third kappa shape index (κ3) is 3.59. The Labute approximate surface area is 112 Å². The molecule has 0 saturated heterocycles. The highest BCUT2D eigenvalue weighted by Crippen LogP contribution is 2.20. The largest absolute Gasteiger partial charge is 0.329 e. The Morgan fingerprint density at radius 3 is 2.74 bits per heavy atom. The molecular weight excluding hydrogens is 241 g/mol. The van der Waals surface area contributed by atoms with Crippen molar-refractivity contribution in [1.82, 2.24) is 9.88 Å². The van der Waals surface area contributed by atoms with Crippen LogP contribution in [0.5, 0.6) is 0 Å². The van der Waals surface area contributed by atoms with Gasteiger partial charge in [-0.15, -0.1) is 0 Å². The van der Waals surface area contributed by atoms with Crippen LogP contribution < -0.4 is 5.73 Å². The Morgan fingerprint density at radius 2 is 2.11 bits per heavy atom. The zero-order valence-electron chi connectivity index (χ0n) is 11.0. The van der Waals surface area contributed by atoms with Crippen LogP contribution in [0.1, 0.15) is 17.3 Å². The maximum atomic E-state index is 13.3. The van der Waals surface area contributed by atoms with Crippen LogP contribution in [-0.2, 0) is 6.54 Å². The second kappa shape index (κ2) is 6.41. The van der Waals surface area contributed by atoms with Crippen LogP contribution in [0.25, 0.3) is 0 Å². The zero-order valence-corrected chi connectivity index (χ0v) is 11.0. The summed E-state index contributed by atoms with van der Waals surface area (Å²) in [6.45, 7) is 1.12. The molecule has 1 heterocycles. The third-order valence-electron chi connectivity index (χ3n) is 3.13. The van der Waals surface area contributed by atoms with Crippen LogP contribution >= 0.6 is 0 Å². The number of rotatable bonds is 5. The summed E-state index contributed by atoms with van der Waals surface area (Å²) in [5.74, 6) is -0.234. The maximum absolute atomic E-state index is 13.3. The number of hydrogen-bond acceptors (Lipinski definition) is 3. The SMILES string of the molecule is CN(Cc1ccccn1)C(CN)c1cccc(F)c1. The van der Waals surface area contributed by atoms with E-state index in [4.69, 9.17) is 5.73 Å². The van der Waals surface area contributed by atoms with E-state index in [1.54, 1.807) is 12.3 Å². The number of benzene rings is 1. The van der Waals surface area contributed by atoms with Gasteiger partial charge in [-0.25, -0.2) is 4.39 Å². The molecule has 0 saturated carbocycles. The van der Waals surface area contributed by atoms with Gasteiger partial charge in [0.2, 0.25) is 0 Å². The summed E-state index contributed by atoms with van der Waals surface area (Å²) in [4.78, 5) is 6.37. The quantitative estimate of drug-likeness (QED) is 0.896. The van der Waals surface area contributed by atoms with Crippen molar-refractivity contribution in [3.8, 4) is 0 Å². The molecule has 0 radical (unpaired) electrons. The molecule has 1 atom stereocenters. The van der Waals surface area contributed by atoms with Gasteiger partial charge in [-0.1, -0.05) is 18.2 Å². The molecule has 100 valence electrons. The molecule has 19 heavy (non-hydrogen) atoms. The third-order valence-corrected chi connectivity index (χ3v) is 3.13. The fraction of sp³-hybridized carbons (Fsp3) is 0.267. The minimum absolute atomic E-state index is 0.0160. The molecule has 0 aliphatic rings. The minimum Gasteiger partial charge on any atom is -0.329 e. The van der Waals surface area contributed by atoms with Crippen molar-refractivity contribution in [2.75, 3.05) is 13.6 Å². The van der Waals surface area contributed by atoms with Crippen molar-refractivity contribution >= 4 is 0 Å². The highest BCUT2D eigenvalue weighted by atomic mass is 19.1. The van der Waals surface area contributed by atoms with Crippen LogP contribution in [-0.4, -0.2) is 23.5 Å². The summed E-state index contributed by atoms with van der Waals surface area (Å²) in [6.07, 6.45) is 1.77. The standard InChI is InChI=1S/C15H18FN3/c1-19(11-14-7-2-3-8-18-14)15(10-17)12-5-4-6-13(16)9-12/h2-9,15H,10-11,17H2,1H3. The van der Waals surface area contributed by atoms with E-state index >= 15 is 0 Å². The molecule has 0 aliphatic heterocycles. The summed E-state index contributed by atoms with van der Waals surface area (Å²) in [5, 5.41) is 0. The van der Waals surface area contributed by atoms with Crippen LogP contribution in [0.3, 0.4) is 0 Å². The first kappa shape index (κ1) is 13.6. The van der Waals surface area contributed by atoms with Crippen molar-refractivity contribution in [2.45, 2.75) is 12.6 Å². The lowest BCUT2D eigenvalue weighted by Gasteiger charge is -2.27. The normalized spacial score (nSPS) is 12.6. The van der Waals surface area contributed by atoms with Gasteiger partial charge < -0.3 is 5.73 Å². The summed E-state index contributed by atoms with van der Waals surface area (Å²) in [5.41, 5.74) is 7.69. The van der Waals surface area contributed by atoms with Gasteiger partial charge in [-0.05, 0) is 36.9 Å². The molecule has 0 spiro atoms. The fourth-order valence-electron chi connectivity index (χ4n) is 2.14. The fourth-order valence-corrected chi connectivity index (χ4v) is 2.14. The van der Waals surface area contributed by atoms with E-state index in [-0.39, 0.29) is 11.9 Å². The van der Waals surface area contributed by atoms with Gasteiger partial charge in [0, 0.05) is 25.3 Å². The molecule has 0 bridgehead atoms. The molecule has 0 amide bonds. The van der Waals surface area contributed by atoms with E-state index in [1.165, 1.54) is 12.1 Å². The van der Waals surface area contributed by atoms with Crippen LogP contribution in [0.4, 0.5) is 4.39 Å². The summed E-state index contributed by atoms with van der Waals surface area (Å²) < 4.78 is 13.3. The van der Waals surface area contributed by atoms with Crippen LogP contribution in [0.15, 0.2) is 48.7 Å². The molecule has 0 aliphatic carbocycles. The topological polar surface area (TPSA) is 42.2 Å². The van der Waals surface area contributed by atoms with Crippen molar-refractivity contribution in [3.05, 3.63) is 65.7 Å². The number of halogens is 1. The van der Waals surface area contributed by atoms with Gasteiger partial charge in [0.25, 0.3) is 0 Å². The van der Waals surface area contributed by atoms with E-state index in [1.807, 2.05) is 31.3 Å². The highest BCUT2D eigenvalue weighted by Gasteiger charge is 2.16. The Bertz CT molecular complexity index is 516. The Kier molecular flexibility index (Phi) is 4.60. The van der Waals surface area contributed by atoms with Crippen molar-refractivity contribution in [2.24, 2.45) is 5.73 Å². The molecule has 0 fully saturated rings. The lowest BCUT2D eigenvalue weighted by molar-refractivity contribution is 0.238. The van der Waals surface area contributed by atoms with Crippen LogP contribution in [0.2, 0.25) is 0 Å². The molecule has 2 rings (SSSR count). The van der Waals surface area contributed by atoms with Gasteiger partial charge in [0.05, 0.1) is 5.69 Å². The predicted octanol–water partition coefficient (Wildman–Crippen LogP) is 2.35. The smallest absolute Gasteiger partial charge is 0.123 e. The van der Waals surface area contributed by atoms with E-state index in [0.29, 0.717) is 13.1 Å². The summed E-state index contributed by atoms with van der Waals surface area (Å²) in [6, 6.07) is 12.4. The first-order valence-corrected chi connectivity index (χ1v) is 6.26. The van der Waals surface area contributed by atoms with Crippen LogP contribution in [0, 0.1) is 5.82 Å². The first-order valence-electron chi connectivity index (χ1n) is 6.26. The van der Waals surface area contributed by atoms with Gasteiger partial charge in [0.1, 0.15) is 5.82 Å². The van der Waals surface area contributed by atoms with Gasteiger partial charge >= 0.3 is 0 Å². The number of hydrogen-bond donors (Lipinski definition) is 1. The molecule has 1 aromatic carbocycles. The lowest BCUT2D eigenvalue weighted by atomic mass is 10.1. The van der Waals surface area contributed by atoms with Crippen molar-refractivity contribution < 1.29 is 4.39 Å². The average Bonchev–Trinajstić information content (AvgIpc) is 2.41. The van der Waals surface area contributed by atoms with Crippen molar-refractivity contribution in [1.29, 1.82) is 0 Å². The molecule has 2 aromatic rings. The molecule has 1 aromatic heterocycles. The van der Waals surface area contributed by atoms with Gasteiger partial charge in [-0.2, -0.15) is 0 Å². The molecule has 4 heteroatoms. The maximum Gasteiger partial charge on any atom is 0.123 e. The van der Waals surface area contributed by atoms with Crippen molar-refractivity contribution in [3.63, 3.8) is 0 Å². The average molecular weight is 259 g/mol. The molecular formula is C15H18FN3. The number of likely N-dealkylation sites (N-methyl/N-ethyl adjacent to an activating group) is 1.